The van der Waals surface area contributed by atoms with Gasteiger partial charge in [0.25, 0.3) is 0 Å². The summed E-state index contributed by atoms with van der Waals surface area (Å²) in [5.41, 5.74) is 8.60. The van der Waals surface area contributed by atoms with Gasteiger partial charge in [0.15, 0.2) is 0 Å². The van der Waals surface area contributed by atoms with Crippen LogP contribution in [0.4, 0.5) is 0 Å². The zero-order valence-electron chi connectivity index (χ0n) is 48.4. The molecule has 3 aromatic rings. The van der Waals surface area contributed by atoms with Crippen LogP contribution in [-0.2, 0) is 100 Å². The Morgan fingerprint density at radius 3 is 0.713 bits per heavy atom. The summed E-state index contributed by atoms with van der Waals surface area (Å²) in [5, 5.41) is 0. The van der Waals surface area contributed by atoms with E-state index < -0.39 is 43.6 Å². The zero-order valence-corrected chi connectivity index (χ0v) is 49.3. The molecule has 0 saturated carbocycles. The van der Waals surface area contributed by atoms with Crippen LogP contribution in [0.2, 0.25) is 0 Å². The van der Waals surface area contributed by atoms with Crippen molar-refractivity contribution in [2.24, 2.45) is 0 Å². The molecule has 0 bridgehead atoms. The Labute approximate surface area is 472 Å². The third kappa shape index (κ3) is 22.0. The lowest BCUT2D eigenvalue weighted by atomic mass is 9.94. The SMILES string of the molecule is C=C(C)C(=O)OCCCc1ccc(OP(=O)(Oc2ccc(CCCOC(=O)C(=C)C)c(CCCOC(=O)C(=C)C)c2C)Oc2ccc(CCCOC(=O)C(=C)C)c(CCCOC(=O)C(=C)C)c2C)c(C)c1CCCOC(=O)C(=C)C. The Morgan fingerprint density at radius 2 is 0.525 bits per heavy atom. The number of esters is 6. The van der Waals surface area contributed by atoms with Crippen LogP contribution in [0.5, 0.6) is 17.2 Å². The van der Waals surface area contributed by atoms with Crippen molar-refractivity contribution < 1.29 is 75.3 Å². The lowest BCUT2D eigenvalue weighted by Crippen LogP contribution is -2.13. The third-order valence-electron chi connectivity index (χ3n) is 12.5. The molecule has 16 nitrogen and oxygen atoms in total. The Balaban J connectivity index is 2.24. The van der Waals surface area contributed by atoms with Gasteiger partial charge in [0, 0.05) is 33.4 Å². The molecule has 0 heterocycles. The Kier molecular flexibility index (Phi) is 27.7. The van der Waals surface area contributed by atoms with E-state index in [4.69, 9.17) is 42.0 Å². The normalized spacial score (nSPS) is 10.9. The van der Waals surface area contributed by atoms with Crippen LogP contribution in [0.15, 0.2) is 109 Å². The van der Waals surface area contributed by atoms with Crippen molar-refractivity contribution in [1.29, 1.82) is 0 Å². The molecular weight excluding hydrogens is 1040 g/mol. The molecule has 80 heavy (non-hydrogen) atoms. The number of ether oxygens (including phenoxy) is 6. The number of aryl methyl sites for hydroxylation is 3. The van der Waals surface area contributed by atoms with E-state index in [0.717, 1.165) is 33.4 Å². The van der Waals surface area contributed by atoms with Crippen LogP contribution in [0.3, 0.4) is 0 Å². The van der Waals surface area contributed by atoms with E-state index in [9.17, 15) is 28.8 Å². The molecule has 0 unspecified atom stereocenters. The number of hydrogen-bond acceptors (Lipinski definition) is 16. The van der Waals surface area contributed by atoms with Crippen molar-refractivity contribution in [3.63, 3.8) is 0 Å². The quantitative estimate of drug-likeness (QED) is 0.0175. The molecule has 0 spiro atoms. The van der Waals surface area contributed by atoms with Gasteiger partial charge >= 0.3 is 43.6 Å². The van der Waals surface area contributed by atoms with Crippen molar-refractivity contribution in [2.75, 3.05) is 39.6 Å². The number of hydrogen-bond donors (Lipinski definition) is 0. The summed E-state index contributed by atoms with van der Waals surface area (Å²) >= 11 is 0. The first-order valence-electron chi connectivity index (χ1n) is 26.7. The number of carbonyl (C=O) groups excluding carboxylic acids is 6. The third-order valence-corrected chi connectivity index (χ3v) is 13.8. The number of rotatable bonds is 36. The second-order valence-corrected chi connectivity index (χ2v) is 21.3. The first kappa shape index (κ1) is 66.8. The van der Waals surface area contributed by atoms with E-state index in [2.05, 4.69) is 39.5 Å². The Morgan fingerprint density at radius 1 is 0.338 bits per heavy atom. The van der Waals surface area contributed by atoms with Crippen LogP contribution in [0.1, 0.15) is 130 Å². The van der Waals surface area contributed by atoms with Crippen molar-refractivity contribution in [3.8, 4) is 17.2 Å². The maximum absolute atomic E-state index is 15.9. The molecule has 0 aliphatic carbocycles. The second kappa shape index (κ2) is 33.2. The molecule has 0 aromatic heterocycles. The fourth-order valence-corrected chi connectivity index (χ4v) is 9.53. The van der Waals surface area contributed by atoms with Crippen LogP contribution >= 0.6 is 7.82 Å². The monoisotopic (exact) mass is 1120 g/mol. The lowest BCUT2D eigenvalue weighted by Gasteiger charge is -2.25. The highest BCUT2D eigenvalue weighted by molar-refractivity contribution is 7.49. The van der Waals surface area contributed by atoms with Crippen molar-refractivity contribution >= 4 is 43.6 Å². The van der Waals surface area contributed by atoms with Crippen LogP contribution in [-0.4, -0.2) is 75.5 Å². The molecule has 0 atom stereocenters. The van der Waals surface area contributed by atoms with Gasteiger partial charge in [-0.2, -0.15) is 4.57 Å². The van der Waals surface area contributed by atoms with Crippen LogP contribution in [0.25, 0.3) is 0 Å². The van der Waals surface area contributed by atoms with Gasteiger partial charge in [-0.1, -0.05) is 57.7 Å². The van der Waals surface area contributed by atoms with E-state index in [1.54, 1.807) is 59.7 Å². The van der Waals surface area contributed by atoms with Gasteiger partial charge in [0.2, 0.25) is 0 Å². The first-order valence-corrected chi connectivity index (χ1v) is 28.2. The molecule has 0 radical (unpaired) electrons. The number of phosphoric acid groups is 1. The summed E-state index contributed by atoms with van der Waals surface area (Å²) in [6.07, 6.45) is 5.38. The first-order chi connectivity index (χ1) is 37.8. The highest BCUT2D eigenvalue weighted by Gasteiger charge is 2.36. The highest BCUT2D eigenvalue weighted by atomic mass is 31.2. The fourth-order valence-electron chi connectivity index (χ4n) is 8.10. The van der Waals surface area contributed by atoms with Crippen LogP contribution in [0, 0.1) is 20.8 Å². The maximum Gasteiger partial charge on any atom is 0.647 e. The molecule has 0 amide bonds. The van der Waals surface area contributed by atoms with Gasteiger partial charge < -0.3 is 42.0 Å². The molecule has 0 saturated heterocycles. The minimum atomic E-state index is -4.81. The van der Waals surface area contributed by atoms with E-state index in [1.807, 2.05) is 39.0 Å². The topological polar surface area (TPSA) is 203 Å². The maximum atomic E-state index is 15.9. The Bertz CT molecular complexity index is 2570. The minimum absolute atomic E-state index is 0.0950. The molecule has 3 aromatic carbocycles. The number of benzene rings is 3. The standard InChI is InChI=1S/C63H81O16P/c1-40(2)58(64)71-34-16-22-49-28-31-55(46(13)52(49)25-19-37-74-61(67)43(7)8)77-80(70,78-56-32-29-50(23-17-35-72-59(65)41(3)4)53(47(56)14)26-20-38-75-62(68)44(9)10)79-57-33-30-51(24-18-36-73-60(66)42(5)6)54(48(57)15)27-21-39-76-63(69)45(11)12/h28-33H,1,3,5,7,9,11,16-27,34-39H2,2,4,6,8,10,12-15H3. The average Bonchev–Trinajstić information content (AvgIpc) is 3.40. The summed E-state index contributed by atoms with van der Waals surface area (Å²) in [7, 11) is -4.81. The summed E-state index contributed by atoms with van der Waals surface area (Å²) in [4.78, 5) is 73.5. The van der Waals surface area contributed by atoms with Gasteiger partial charge in [-0.25, -0.2) is 28.8 Å². The Hall–Kier alpha value is -7.45. The molecular formula is C63H81O16P. The predicted octanol–water partition coefficient (Wildman–Crippen LogP) is 12.6. The molecule has 17 heteroatoms. The van der Waals surface area contributed by atoms with Crippen LogP contribution < -0.4 is 13.6 Å². The molecule has 0 N–H and O–H groups in total. The summed E-state index contributed by atoms with van der Waals surface area (Å²) in [6, 6.07) is 10.5. The molecule has 0 aliphatic heterocycles. The smallest absolute Gasteiger partial charge is 0.462 e. The largest absolute Gasteiger partial charge is 0.647 e. The summed E-state index contributed by atoms with van der Waals surface area (Å²) < 4.78 is 68.1. The second-order valence-electron chi connectivity index (χ2n) is 19.8. The molecule has 3 rings (SSSR count). The van der Waals surface area contributed by atoms with Crippen molar-refractivity contribution in [1.82, 2.24) is 0 Å². The average molecular weight is 1130 g/mol. The van der Waals surface area contributed by atoms with Crippen molar-refractivity contribution in [3.05, 3.63) is 159 Å². The number of carbonyl (C=O) groups is 6. The van der Waals surface area contributed by atoms with E-state index in [-0.39, 0.29) is 90.3 Å². The van der Waals surface area contributed by atoms with Gasteiger partial charge in [-0.15, -0.1) is 0 Å². The van der Waals surface area contributed by atoms with Crippen molar-refractivity contribution in [2.45, 2.75) is 139 Å². The zero-order chi connectivity index (χ0) is 59.7. The highest BCUT2D eigenvalue weighted by Crippen LogP contribution is 2.53. The van der Waals surface area contributed by atoms with Gasteiger partial charge in [0.05, 0.1) is 39.6 Å². The minimum Gasteiger partial charge on any atom is -0.462 e. The van der Waals surface area contributed by atoms with Gasteiger partial charge in [-0.3, -0.25) is 0 Å². The number of phosphoric ester groups is 1. The lowest BCUT2D eigenvalue weighted by molar-refractivity contribution is -0.139. The predicted molar refractivity (Wildman–Crippen MR) is 308 cm³/mol. The van der Waals surface area contributed by atoms with Gasteiger partial charge in [-0.05, 0) is 208 Å². The molecule has 0 aliphatic rings. The van der Waals surface area contributed by atoms with E-state index >= 15 is 4.57 Å². The molecule has 434 valence electrons. The summed E-state index contributed by atoms with van der Waals surface area (Å²) in [5.74, 6) is -2.50. The van der Waals surface area contributed by atoms with E-state index in [0.29, 0.717) is 93.7 Å². The van der Waals surface area contributed by atoms with Gasteiger partial charge in [0.1, 0.15) is 17.2 Å². The fraction of sp³-hybridized carbons (Fsp3) is 0.429. The van der Waals surface area contributed by atoms with E-state index in [1.165, 1.54) is 0 Å². The molecule has 0 fully saturated rings. The summed E-state index contributed by atoms with van der Waals surface area (Å²) in [6.45, 7) is 37.6.